The molecule has 0 saturated carbocycles. The Bertz CT molecular complexity index is 148. The third-order valence-electron chi connectivity index (χ3n) is 2.07. The van der Waals surface area contributed by atoms with Crippen LogP contribution in [0.1, 0.15) is 33.6 Å². The number of rotatable bonds is 6. The van der Waals surface area contributed by atoms with E-state index in [1.54, 1.807) is 0 Å². The van der Waals surface area contributed by atoms with E-state index in [1.165, 1.54) is 0 Å². The molecule has 2 atom stereocenters. The molecule has 0 aliphatic rings. The van der Waals surface area contributed by atoms with Gasteiger partial charge in [0.25, 0.3) is 0 Å². The summed E-state index contributed by atoms with van der Waals surface area (Å²) in [4.78, 5) is 11.5. The van der Waals surface area contributed by atoms with Gasteiger partial charge in [-0.15, -0.1) is 0 Å². The molecule has 0 rings (SSSR count). The van der Waals surface area contributed by atoms with Gasteiger partial charge < -0.3 is 10.6 Å². The Morgan fingerprint density at radius 2 is 2.00 bits per heavy atom. The molecule has 13 heavy (non-hydrogen) atoms. The molecule has 0 aliphatic heterocycles. The molecule has 0 aromatic carbocycles. The van der Waals surface area contributed by atoms with Gasteiger partial charge in [-0.2, -0.15) is 0 Å². The molecule has 0 aliphatic carbocycles. The molecule has 3 heteroatoms. The van der Waals surface area contributed by atoms with Crippen molar-refractivity contribution in [1.82, 2.24) is 10.6 Å². The summed E-state index contributed by atoms with van der Waals surface area (Å²) in [5, 5.41) is 5.98. The van der Waals surface area contributed by atoms with Crippen molar-refractivity contribution in [2.24, 2.45) is 5.92 Å². The summed E-state index contributed by atoms with van der Waals surface area (Å²) in [6.07, 6.45) is 2.17. The number of hydrogen-bond donors (Lipinski definition) is 2. The molecule has 0 aromatic heterocycles. The largest absolute Gasteiger partial charge is 0.353 e. The topological polar surface area (TPSA) is 41.1 Å². The first-order valence-corrected chi connectivity index (χ1v) is 5.06. The summed E-state index contributed by atoms with van der Waals surface area (Å²) >= 11 is 0. The molecular weight excluding hydrogens is 164 g/mol. The van der Waals surface area contributed by atoms with Crippen LogP contribution in [-0.4, -0.2) is 25.5 Å². The smallest absolute Gasteiger partial charge is 0.224 e. The Balaban J connectivity index is 3.71. The highest BCUT2D eigenvalue weighted by Crippen LogP contribution is 1.98. The van der Waals surface area contributed by atoms with E-state index in [4.69, 9.17) is 0 Å². The predicted molar refractivity (Wildman–Crippen MR) is 55.6 cm³/mol. The standard InChI is InChI=1S/C10H22N2O/c1-5-6-9(3)12-10(13)8(2)7-11-4/h8-9,11H,5-7H2,1-4H3,(H,12,13). The first kappa shape index (κ1) is 12.4. The van der Waals surface area contributed by atoms with Crippen LogP contribution in [0, 0.1) is 5.92 Å². The summed E-state index contributed by atoms with van der Waals surface area (Å²) in [6, 6.07) is 0.303. The zero-order valence-corrected chi connectivity index (χ0v) is 9.18. The Morgan fingerprint density at radius 1 is 1.38 bits per heavy atom. The lowest BCUT2D eigenvalue weighted by atomic mass is 10.1. The van der Waals surface area contributed by atoms with Gasteiger partial charge in [-0.25, -0.2) is 0 Å². The zero-order valence-electron chi connectivity index (χ0n) is 9.18. The Labute approximate surface area is 81.3 Å². The SMILES string of the molecule is CCCC(C)NC(=O)C(C)CNC. The lowest BCUT2D eigenvalue weighted by molar-refractivity contribution is -0.125. The van der Waals surface area contributed by atoms with E-state index in [2.05, 4.69) is 17.6 Å². The van der Waals surface area contributed by atoms with Gasteiger partial charge in [0, 0.05) is 18.5 Å². The van der Waals surface area contributed by atoms with Gasteiger partial charge in [-0.1, -0.05) is 20.3 Å². The van der Waals surface area contributed by atoms with Crippen LogP contribution >= 0.6 is 0 Å². The molecule has 0 fully saturated rings. The monoisotopic (exact) mass is 186 g/mol. The van der Waals surface area contributed by atoms with Crippen molar-refractivity contribution in [2.75, 3.05) is 13.6 Å². The Morgan fingerprint density at radius 3 is 2.46 bits per heavy atom. The maximum absolute atomic E-state index is 11.5. The fourth-order valence-corrected chi connectivity index (χ4v) is 1.29. The van der Waals surface area contributed by atoms with E-state index in [9.17, 15) is 4.79 Å². The van der Waals surface area contributed by atoms with Crippen molar-refractivity contribution < 1.29 is 4.79 Å². The lowest BCUT2D eigenvalue weighted by Crippen LogP contribution is -2.39. The maximum Gasteiger partial charge on any atom is 0.224 e. The van der Waals surface area contributed by atoms with Crippen molar-refractivity contribution in [3.8, 4) is 0 Å². The molecule has 0 aromatic rings. The van der Waals surface area contributed by atoms with Crippen molar-refractivity contribution in [1.29, 1.82) is 0 Å². The van der Waals surface area contributed by atoms with Crippen LogP contribution in [0.3, 0.4) is 0 Å². The fourth-order valence-electron chi connectivity index (χ4n) is 1.29. The highest BCUT2D eigenvalue weighted by atomic mass is 16.1. The van der Waals surface area contributed by atoms with E-state index in [0.717, 1.165) is 19.4 Å². The lowest BCUT2D eigenvalue weighted by Gasteiger charge is -2.16. The average Bonchev–Trinajstić information content (AvgIpc) is 2.05. The first-order valence-electron chi connectivity index (χ1n) is 5.06. The molecule has 3 nitrogen and oxygen atoms in total. The van der Waals surface area contributed by atoms with Gasteiger partial charge in [-0.3, -0.25) is 4.79 Å². The minimum absolute atomic E-state index is 0.0595. The van der Waals surface area contributed by atoms with Crippen LogP contribution < -0.4 is 10.6 Å². The van der Waals surface area contributed by atoms with Gasteiger partial charge in [0.2, 0.25) is 5.91 Å². The molecule has 0 radical (unpaired) electrons. The molecular formula is C10H22N2O. The summed E-state index contributed by atoms with van der Waals surface area (Å²) in [6.45, 7) is 6.85. The summed E-state index contributed by atoms with van der Waals surface area (Å²) < 4.78 is 0. The number of carbonyl (C=O) groups excluding carboxylic acids is 1. The van der Waals surface area contributed by atoms with Gasteiger partial charge in [0.1, 0.15) is 0 Å². The number of hydrogen-bond acceptors (Lipinski definition) is 2. The fraction of sp³-hybridized carbons (Fsp3) is 0.900. The van der Waals surface area contributed by atoms with E-state index < -0.39 is 0 Å². The quantitative estimate of drug-likeness (QED) is 0.653. The summed E-state index contributed by atoms with van der Waals surface area (Å²) in [5.74, 6) is 0.208. The molecule has 78 valence electrons. The molecule has 2 N–H and O–H groups in total. The second-order valence-electron chi connectivity index (χ2n) is 3.66. The van der Waals surface area contributed by atoms with E-state index in [1.807, 2.05) is 20.9 Å². The van der Waals surface area contributed by atoms with Crippen LogP contribution in [0.25, 0.3) is 0 Å². The molecule has 0 spiro atoms. The second-order valence-corrected chi connectivity index (χ2v) is 3.66. The summed E-state index contributed by atoms with van der Waals surface area (Å²) in [5.41, 5.74) is 0. The highest BCUT2D eigenvalue weighted by molar-refractivity contribution is 5.78. The average molecular weight is 186 g/mol. The number of carbonyl (C=O) groups is 1. The highest BCUT2D eigenvalue weighted by Gasteiger charge is 2.13. The maximum atomic E-state index is 11.5. The number of nitrogens with one attached hydrogen (secondary N) is 2. The Kier molecular flexibility index (Phi) is 6.59. The normalized spacial score (nSPS) is 15.1. The third-order valence-corrected chi connectivity index (χ3v) is 2.07. The molecule has 1 amide bonds. The van der Waals surface area contributed by atoms with Crippen LogP contribution in [0.4, 0.5) is 0 Å². The van der Waals surface area contributed by atoms with Gasteiger partial charge in [0.15, 0.2) is 0 Å². The van der Waals surface area contributed by atoms with E-state index >= 15 is 0 Å². The van der Waals surface area contributed by atoms with Gasteiger partial charge in [0.05, 0.1) is 0 Å². The molecule has 0 bridgehead atoms. The number of amides is 1. The van der Waals surface area contributed by atoms with Crippen molar-refractivity contribution in [3.05, 3.63) is 0 Å². The van der Waals surface area contributed by atoms with Crippen LogP contribution in [0.15, 0.2) is 0 Å². The minimum Gasteiger partial charge on any atom is -0.353 e. The summed E-state index contributed by atoms with van der Waals surface area (Å²) in [7, 11) is 1.86. The van der Waals surface area contributed by atoms with E-state index in [-0.39, 0.29) is 11.8 Å². The van der Waals surface area contributed by atoms with Crippen LogP contribution in [0.5, 0.6) is 0 Å². The predicted octanol–water partition coefficient (Wildman–Crippen LogP) is 1.15. The molecule has 2 unspecified atom stereocenters. The first-order chi connectivity index (χ1) is 6.11. The second kappa shape index (κ2) is 6.89. The van der Waals surface area contributed by atoms with Crippen molar-refractivity contribution in [3.63, 3.8) is 0 Å². The minimum atomic E-state index is 0.0595. The van der Waals surface area contributed by atoms with Crippen molar-refractivity contribution in [2.45, 2.75) is 39.7 Å². The van der Waals surface area contributed by atoms with Gasteiger partial charge in [-0.05, 0) is 20.4 Å². The van der Waals surface area contributed by atoms with Gasteiger partial charge >= 0.3 is 0 Å². The Hall–Kier alpha value is -0.570. The molecule has 0 heterocycles. The van der Waals surface area contributed by atoms with Crippen LogP contribution in [0.2, 0.25) is 0 Å². The van der Waals surface area contributed by atoms with E-state index in [0.29, 0.717) is 6.04 Å². The molecule has 0 saturated heterocycles. The third kappa shape index (κ3) is 5.64. The van der Waals surface area contributed by atoms with Crippen molar-refractivity contribution >= 4 is 5.91 Å². The van der Waals surface area contributed by atoms with Crippen LogP contribution in [-0.2, 0) is 4.79 Å². The zero-order chi connectivity index (χ0) is 10.3.